The molecule has 178 valence electrons. The lowest BCUT2D eigenvalue weighted by molar-refractivity contribution is -0.120. The molecule has 1 saturated carbocycles. The summed E-state index contributed by atoms with van der Waals surface area (Å²) < 4.78 is 5.55. The van der Waals surface area contributed by atoms with Gasteiger partial charge in [-0.25, -0.2) is 9.59 Å². The summed E-state index contributed by atoms with van der Waals surface area (Å²) >= 11 is 5.88. The van der Waals surface area contributed by atoms with Crippen molar-refractivity contribution >= 4 is 35.3 Å². The van der Waals surface area contributed by atoms with E-state index in [0.717, 1.165) is 22.3 Å². The summed E-state index contributed by atoms with van der Waals surface area (Å²) in [6.07, 6.45) is 0.570. The fraction of sp³-hybridized carbons (Fsp3) is 0.222. The molecule has 0 heterocycles. The molecule has 3 aromatic rings. The van der Waals surface area contributed by atoms with Crippen molar-refractivity contribution in [3.05, 3.63) is 88.4 Å². The number of carbonyl (C=O) groups is 3. The van der Waals surface area contributed by atoms with Gasteiger partial charge in [0.25, 0.3) is 0 Å². The first-order chi connectivity index (χ1) is 16.9. The van der Waals surface area contributed by atoms with Crippen LogP contribution in [0.3, 0.4) is 0 Å². The van der Waals surface area contributed by atoms with Crippen molar-refractivity contribution in [2.45, 2.75) is 18.8 Å². The Labute approximate surface area is 207 Å². The standard InChI is InChI=1S/C27H23ClN2O5/c28-16-9-10-23(21(13-16)24(31)32)30-25(33)27(11-12-27)15-29-26(34)35-14-22-19-7-3-1-5-17(19)18-6-2-4-8-20(18)22/h1-10,13,22H,11-12,14-15H2,(H,29,34)(H,30,33)(H,31,32). The van der Waals surface area contributed by atoms with Gasteiger partial charge in [-0.3, -0.25) is 4.79 Å². The van der Waals surface area contributed by atoms with Crippen LogP contribution in [0.1, 0.15) is 40.2 Å². The first-order valence-corrected chi connectivity index (χ1v) is 11.7. The molecule has 1 fully saturated rings. The van der Waals surface area contributed by atoms with Gasteiger partial charge in [0.05, 0.1) is 16.7 Å². The SMILES string of the molecule is O=C(NCC1(C(=O)Nc2ccc(Cl)cc2C(=O)O)CC1)OCC1c2ccccc2-c2ccccc21. The van der Waals surface area contributed by atoms with Crippen LogP contribution in [0.2, 0.25) is 5.02 Å². The average Bonchev–Trinajstić information content (AvgIpc) is 3.59. The molecule has 3 N–H and O–H groups in total. The Bertz CT molecular complexity index is 1290. The summed E-state index contributed by atoms with van der Waals surface area (Å²) in [4.78, 5) is 36.9. The first kappa shape index (κ1) is 22.9. The molecule has 0 aliphatic heterocycles. The number of nitrogens with one attached hydrogen (secondary N) is 2. The van der Waals surface area contributed by atoms with Gasteiger partial charge in [0.1, 0.15) is 6.61 Å². The minimum Gasteiger partial charge on any atom is -0.478 e. The number of fused-ring (bicyclic) bond motifs is 3. The summed E-state index contributed by atoms with van der Waals surface area (Å²) in [5.41, 5.74) is 3.82. The van der Waals surface area contributed by atoms with E-state index in [9.17, 15) is 19.5 Å². The molecule has 0 aromatic heterocycles. The molecular weight excluding hydrogens is 468 g/mol. The van der Waals surface area contributed by atoms with Crippen molar-refractivity contribution in [1.82, 2.24) is 5.32 Å². The Hall–Kier alpha value is -3.84. The van der Waals surface area contributed by atoms with Crippen molar-refractivity contribution in [3.8, 4) is 11.1 Å². The highest BCUT2D eigenvalue weighted by Gasteiger charge is 2.50. The quantitative estimate of drug-likeness (QED) is 0.417. The molecule has 0 radical (unpaired) electrons. The lowest BCUT2D eigenvalue weighted by atomic mass is 9.98. The number of alkyl carbamates (subject to hydrolysis) is 1. The molecule has 0 atom stereocenters. The molecule has 3 aromatic carbocycles. The van der Waals surface area contributed by atoms with Gasteiger partial charge in [-0.1, -0.05) is 60.1 Å². The molecule has 0 saturated heterocycles. The van der Waals surface area contributed by atoms with Crippen molar-refractivity contribution in [2.24, 2.45) is 5.41 Å². The van der Waals surface area contributed by atoms with Crippen molar-refractivity contribution < 1.29 is 24.2 Å². The zero-order valence-corrected chi connectivity index (χ0v) is 19.5. The van der Waals surface area contributed by atoms with Crippen LogP contribution in [0.15, 0.2) is 66.7 Å². The Morgan fingerprint density at radius 2 is 1.60 bits per heavy atom. The number of ether oxygens (including phenoxy) is 1. The van der Waals surface area contributed by atoms with E-state index >= 15 is 0 Å². The molecular formula is C27H23ClN2O5. The highest BCUT2D eigenvalue weighted by molar-refractivity contribution is 6.31. The number of anilines is 1. The average molecular weight is 491 g/mol. The Morgan fingerprint density at radius 3 is 2.20 bits per heavy atom. The van der Waals surface area contributed by atoms with Gasteiger partial charge in [-0.05, 0) is 53.3 Å². The predicted octanol–water partition coefficient (Wildman–Crippen LogP) is 5.30. The molecule has 5 rings (SSSR count). The Balaban J connectivity index is 1.19. The maximum atomic E-state index is 12.9. The van der Waals surface area contributed by atoms with Crippen LogP contribution in [0.5, 0.6) is 0 Å². The molecule has 7 nitrogen and oxygen atoms in total. The summed E-state index contributed by atoms with van der Waals surface area (Å²) in [5.74, 6) is -1.59. The third-order valence-corrected chi connectivity index (χ3v) is 6.95. The van der Waals surface area contributed by atoms with Gasteiger partial charge in [-0.2, -0.15) is 0 Å². The fourth-order valence-corrected chi connectivity index (χ4v) is 4.76. The highest BCUT2D eigenvalue weighted by atomic mass is 35.5. The van der Waals surface area contributed by atoms with Gasteiger partial charge in [0.15, 0.2) is 0 Å². The van der Waals surface area contributed by atoms with E-state index in [1.165, 1.54) is 18.2 Å². The van der Waals surface area contributed by atoms with Crippen LogP contribution in [0, 0.1) is 5.41 Å². The normalized spacial score (nSPS) is 15.0. The van der Waals surface area contributed by atoms with E-state index in [0.29, 0.717) is 12.8 Å². The number of carbonyl (C=O) groups excluding carboxylic acids is 2. The molecule has 2 aliphatic rings. The van der Waals surface area contributed by atoms with E-state index in [4.69, 9.17) is 16.3 Å². The predicted molar refractivity (Wildman–Crippen MR) is 132 cm³/mol. The van der Waals surface area contributed by atoms with E-state index in [-0.39, 0.29) is 41.3 Å². The third kappa shape index (κ3) is 4.47. The van der Waals surface area contributed by atoms with Gasteiger partial charge in [-0.15, -0.1) is 0 Å². The van der Waals surface area contributed by atoms with Crippen molar-refractivity contribution in [2.75, 3.05) is 18.5 Å². The number of halogens is 1. The fourth-order valence-electron chi connectivity index (χ4n) is 4.58. The number of aromatic carboxylic acids is 1. The van der Waals surface area contributed by atoms with Crippen molar-refractivity contribution in [1.29, 1.82) is 0 Å². The van der Waals surface area contributed by atoms with Crippen LogP contribution < -0.4 is 10.6 Å². The maximum absolute atomic E-state index is 12.9. The van der Waals surface area contributed by atoms with E-state index in [1.807, 2.05) is 36.4 Å². The molecule has 2 amide bonds. The van der Waals surface area contributed by atoms with Gasteiger partial charge >= 0.3 is 12.1 Å². The number of hydrogen-bond acceptors (Lipinski definition) is 4. The Kier molecular flexibility index (Phi) is 5.94. The van der Waals surface area contributed by atoms with Crippen LogP contribution >= 0.6 is 11.6 Å². The number of carboxylic acids is 1. The summed E-state index contributed by atoms with van der Waals surface area (Å²) in [5, 5.41) is 15.0. The summed E-state index contributed by atoms with van der Waals surface area (Å²) in [6, 6.07) is 20.4. The first-order valence-electron chi connectivity index (χ1n) is 11.3. The number of carboxylic acid groups (broad SMARTS) is 1. The van der Waals surface area contributed by atoms with Crippen LogP contribution in [-0.2, 0) is 9.53 Å². The second-order valence-electron chi connectivity index (χ2n) is 8.91. The Morgan fingerprint density at radius 1 is 0.971 bits per heavy atom. The van der Waals surface area contributed by atoms with Gasteiger partial charge in [0.2, 0.25) is 5.91 Å². The minimum atomic E-state index is -1.19. The van der Waals surface area contributed by atoms with E-state index in [2.05, 4.69) is 22.8 Å². The second kappa shape index (κ2) is 9.07. The van der Waals surface area contributed by atoms with E-state index < -0.39 is 17.5 Å². The third-order valence-electron chi connectivity index (χ3n) is 6.71. The molecule has 0 bridgehead atoms. The zero-order valence-electron chi connectivity index (χ0n) is 18.7. The van der Waals surface area contributed by atoms with Gasteiger partial charge < -0.3 is 20.5 Å². The zero-order chi connectivity index (χ0) is 24.6. The van der Waals surface area contributed by atoms with Crippen LogP contribution in [-0.4, -0.2) is 36.2 Å². The maximum Gasteiger partial charge on any atom is 0.407 e. The molecule has 35 heavy (non-hydrogen) atoms. The number of rotatable bonds is 7. The number of amides is 2. The monoisotopic (exact) mass is 490 g/mol. The topological polar surface area (TPSA) is 105 Å². The number of benzene rings is 3. The summed E-state index contributed by atoms with van der Waals surface area (Å²) in [6.45, 7) is 0.289. The van der Waals surface area contributed by atoms with Crippen molar-refractivity contribution in [3.63, 3.8) is 0 Å². The second-order valence-corrected chi connectivity index (χ2v) is 9.35. The lowest BCUT2D eigenvalue weighted by Crippen LogP contribution is -2.37. The smallest absolute Gasteiger partial charge is 0.407 e. The van der Waals surface area contributed by atoms with Crippen LogP contribution in [0.25, 0.3) is 11.1 Å². The molecule has 0 spiro atoms. The highest BCUT2D eigenvalue weighted by Crippen LogP contribution is 2.46. The molecule has 2 aliphatic carbocycles. The molecule has 8 heteroatoms. The summed E-state index contributed by atoms with van der Waals surface area (Å²) in [7, 11) is 0. The largest absolute Gasteiger partial charge is 0.478 e. The minimum absolute atomic E-state index is 0.0503. The lowest BCUT2D eigenvalue weighted by Gasteiger charge is -2.18. The van der Waals surface area contributed by atoms with Gasteiger partial charge in [0, 0.05) is 17.5 Å². The number of hydrogen-bond donors (Lipinski definition) is 3. The van der Waals surface area contributed by atoms with E-state index in [1.54, 1.807) is 0 Å². The van der Waals surface area contributed by atoms with Crippen LogP contribution in [0.4, 0.5) is 10.5 Å². The molecule has 0 unspecified atom stereocenters.